The van der Waals surface area contributed by atoms with Crippen molar-refractivity contribution in [2.75, 3.05) is 21.3 Å². The molecule has 3 aromatic carbocycles. The first-order chi connectivity index (χ1) is 21.2. The predicted octanol–water partition coefficient (Wildman–Crippen LogP) is 4.34. The Morgan fingerprint density at radius 3 is 1.18 bits per heavy atom. The summed E-state index contributed by atoms with van der Waals surface area (Å²) in [6, 6.07) is 26.6. The first-order valence-corrected chi connectivity index (χ1v) is 13.7. The zero-order valence-electron chi connectivity index (χ0n) is 24.1. The van der Waals surface area contributed by atoms with E-state index in [0.717, 1.165) is 0 Å². The van der Waals surface area contributed by atoms with E-state index in [1.165, 1.54) is 6.07 Å². The molecule has 10 nitrogen and oxygen atoms in total. The maximum absolute atomic E-state index is 12.9. The number of nitrogens with one attached hydrogen (secondary N) is 4. The molecule has 2 heterocycles. The summed E-state index contributed by atoms with van der Waals surface area (Å²) in [7, 11) is 3.73. The Morgan fingerprint density at radius 1 is 0.432 bits per heavy atom. The smallest absolute Gasteiger partial charge is 0.255 e. The van der Waals surface area contributed by atoms with E-state index in [0.29, 0.717) is 33.9 Å². The molecule has 0 saturated carbocycles. The Hall–Kier alpha value is -6.16. The molecule has 44 heavy (non-hydrogen) atoms. The van der Waals surface area contributed by atoms with E-state index in [-0.39, 0.29) is 22.9 Å². The molecule has 0 saturated heterocycles. The lowest BCUT2D eigenvalue weighted by Crippen LogP contribution is -2.27. The number of rotatable bonds is 8. The highest BCUT2D eigenvalue weighted by atomic mass is 16.2. The van der Waals surface area contributed by atoms with Crippen LogP contribution in [0.4, 0.5) is 22.7 Å². The molecule has 0 aliphatic carbocycles. The van der Waals surface area contributed by atoms with E-state index >= 15 is 0 Å². The van der Waals surface area contributed by atoms with Crippen LogP contribution in [-0.2, 0) is 14.1 Å². The molecule has 0 fully saturated rings. The van der Waals surface area contributed by atoms with Crippen molar-refractivity contribution in [3.8, 4) is 0 Å². The lowest BCUT2D eigenvalue weighted by molar-refractivity contribution is -0.670. The summed E-state index contributed by atoms with van der Waals surface area (Å²) >= 11 is 0. The van der Waals surface area contributed by atoms with Crippen LogP contribution in [0.1, 0.15) is 41.4 Å². The normalized spacial score (nSPS) is 10.4. The van der Waals surface area contributed by atoms with Gasteiger partial charge in [-0.2, -0.15) is 0 Å². The summed E-state index contributed by atoms with van der Waals surface area (Å²) in [5.74, 6) is -1.36. The molecular weight excluding hydrogens is 556 g/mol. The van der Waals surface area contributed by atoms with Crippen molar-refractivity contribution in [2.24, 2.45) is 14.1 Å². The summed E-state index contributed by atoms with van der Waals surface area (Å²) in [5.41, 5.74) is 3.78. The molecule has 2 aromatic heterocycles. The number of hydrogen-bond acceptors (Lipinski definition) is 4. The van der Waals surface area contributed by atoms with Crippen LogP contribution in [0.15, 0.2) is 122 Å². The molecule has 0 aliphatic heterocycles. The highest BCUT2D eigenvalue weighted by molar-refractivity contribution is 6.09. The molecule has 4 N–H and O–H groups in total. The van der Waals surface area contributed by atoms with Crippen molar-refractivity contribution < 1.29 is 28.3 Å². The van der Waals surface area contributed by atoms with Gasteiger partial charge in [-0.25, -0.2) is 9.13 Å². The number of amides is 4. The minimum Gasteiger partial charge on any atom is -0.322 e. The zero-order chi connectivity index (χ0) is 31.1. The van der Waals surface area contributed by atoms with Crippen LogP contribution < -0.4 is 30.4 Å². The van der Waals surface area contributed by atoms with E-state index in [1.807, 2.05) is 47.8 Å². The van der Waals surface area contributed by atoms with E-state index in [4.69, 9.17) is 0 Å². The SMILES string of the molecule is C[n+]1cccc(NC(=O)c2ccc(NC(=O)c3cccc(C(=O)Nc4ccc(C(=O)Nc5ccc[n+](C)c5)cc4)c3)cc2)c1. The number of aryl methyl sites for hydroxylation is 2. The van der Waals surface area contributed by atoms with Crippen LogP contribution in [0.3, 0.4) is 0 Å². The molecule has 4 amide bonds. The van der Waals surface area contributed by atoms with Gasteiger partial charge in [-0.1, -0.05) is 6.07 Å². The molecule has 0 spiro atoms. The summed E-state index contributed by atoms with van der Waals surface area (Å²) in [6.45, 7) is 0. The van der Waals surface area contributed by atoms with Crippen LogP contribution in [0.25, 0.3) is 0 Å². The number of carbonyl (C=O) groups excluding carboxylic acids is 4. The fourth-order valence-electron chi connectivity index (χ4n) is 4.35. The van der Waals surface area contributed by atoms with Gasteiger partial charge in [0, 0.05) is 45.8 Å². The summed E-state index contributed by atoms with van der Waals surface area (Å²) in [5, 5.41) is 11.2. The molecule has 218 valence electrons. The van der Waals surface area contributed by atoms with Gasteiger partial charge in [0.2, 0.25) is 0 Å². The molecule has 5 rings (SSSR count). The van der Waals surface area contributed by atoms with Gasteiger partial charge >= 0.3 is 0 Å². The number of benzene rings is 3. The third-order valence-corrected chi connectivity index (χ3v) is 6.59. The van der Waals surface area contributed by atoms with Gasteiger partial charge in [-0.3, -0.25) is 19.2 Å². The minimum atomic E-state index is -0.406. The van der Waals surface area contributed by atoms with Crippen LogP contribution in [-0.4, -0.2) is 23.6 Å². The first-order valence-electron chi connectivity index (χ1n) is 13.7. The Morgan fingerprint density at radius 2 is 0.795 bits per heavy atom. The van der Waals surface area contributed by atoms with Crippen molar-refractivity contribution in [3.63, 3.8) is 0 Å². The van der Waals surface area contributed by atoms with Crippen LogP contribution in [0.2, 0.25) is 0 Å². The van der Waals surface area contributed by atoms with Gasteiger partial charge in [-0.15, -0.1) is 0 Å². The molecule has 0 aliphatic rings. The lowest BCUT2D eigenvalue weighted by atomic mass is 10.1. The Balaban J connectivity index is 1.17. The van der Waals surface area contributed by atoms with Crippen molar-refractivity contribution in [3.05, 3.63) is 144 Å². The van der Waals surface area contributed by atoms with Crippen LogP contribution in [0, 0.1) is 0 Å². The number of aromatic nitrogens is 2. The monoisotopic (exact) mass is 586 g/mol. The highest BCUT2D eigenvalue weighted by Crippen LogP contribution is 2.16. The van der Waals surface area contributed by atoms with Gasteiger partial charge in [0.05, 0.1) is 0 Å². The quantitative estimate of drug-likeness (QED) is 0.202. The summed E-state index contributed by atoms with van der Waals surface area (Å²) in [6.07, 6.45) is 7.32. The molecule has 0 radical (unpaired) electrons. The van der Waals surface area contributed by atoms with E-state index in [9.17, 15) is 19.2 Å². The summed E-state index contributed by atoms with van der Waals surface area (Å²) < 4.78 is 3.67. The second-order valence-electron chi connectivity index (χ2n) is 10.1. The highest BCUT2D eigenvalue weighted by Gasteiger charge is 2.14. The predicted molar refractivity (Wildman–Crippen MR) is 166 cm³/mol. The fourth-order valence-corrected chi connectivity index (χ4v) is 4.35. The van der Waals surface area contributed by atoms with Crippen molar-refractivity contribution in [1.29, 1.82) is 0 Å². The molecule has 0 bridgehead atoms. The summed E-state index contributed by atoms with van der Waals surface area (Å²) in [4.78, 5) is 51.0. The minimum absolute atomic E-state index is 0.271. The van der Waals surface area contributed by atoms with Crippen LogP contribution >= 0.6 is 0 Å². The number of nitrogens with zero attached hydrogens (tertiary/aromatic N) is 2. The molecule has 0 unspecified atom stereocenters. The number of anilines is 4. The largest absolute Gasteiger partial charge is 0.322 e. The van der Waals surface area contributed by atoms with E-state index < -0.39 is 11.8 Å². The molecule has 5 aromatic rings. The number of carbonyl (C=O) groups is 4. The third-order valence-electron chi connectivity index (χ3n) is 6.59. The van der Waals surface area contributed by atoms with E-state index in [2.05, 4.69) is 21.3 Å². The Kier molecular flexibility index (Phi) is 8.81. The maximum Gasteiger partial charge on any atom is 0.255 e. The average molecular weight is 587 g/mol. The van der Waals surface area contributed by atoms with Crippen molar-refractivity contribution in [1.82, 2.24) is 0 Å². The van der Waals surface area contributed by atoms with Crippen molar-refractivity contribution >= 4 is 46.4 Å². The molecule has 10 heteroatoms. The van der Waals surface area contributed by atoms with Gasteiger partial charge in [0.25, 0.3) is 23.6 Å². The Bertz CT molecular complexity index is 1720. The second-order valence-corrected chi connectivity index (χ2v) is 10.1. The van der Waals surface area contributed by atoms with Gasteiger partial charge < -0.3 is 21.3 Å². The zero-order valence-corrected chi connectivity index (χ0v) is 24.1. The van der Waals surface area contributed by atoms with Gasteiger partial charge in [0.1, 0.15) is 25.5 Å². The standard InChI is InChI=1S/C34H28N6O4/c1-39-18-4-8-29(21-39)37-31(41)23-10-14-27(15-11-23)35-33(43)25-6-3-7-26(20-25)34(44)36-28-16-12-24(13-17-28)32(42)38-30-9-5-19-40(2)22-30/h3-22H,1-2H3,(H2-2,35,36,37,38,41,42,43,44)/p+2. The topological polar surface area (TPSA) is 124 Å². The Labute approximate surface area is 254 Å². The third kappa shape index (κ3) is 7.56. The first kappa shape index (κ1) is 29.3. The maximum atomic E-state index is 12.9. The lowest BCUT2D eigenvalue weighted by Gasteiger charge is -2.09. The second kappa shape index (κ2) is 13.2. The van der Waals surface area contributed by atoms with Gasteiger partial charge in [0.15, 0.2) is 24.8 Å². The average Bonchev–Trinajstić information content (AvgIpc) is 3.02. The van der Waals surface area contributed by atoms with E-state index in [1.54, 1.807) is 91.3 Å². The fraction of sp³-hybridized carbons (Fsp3) is 0.0588. The number of pyridine rings is 2. The number of hydrogen-bond donors (Lipinski definition) is 4. The molecule has 0 atom stereocenters. The van der Waals surface area contributed by atoms with Gasteiger partial charge in [-0.05, 0) is 78.9 Å². The molecular formula is C34H30N6O4+2. The van der Waals surface area contributed by atoms with Crippen molar-refractivity contribution in [2.45, 2.75) is 0 Å². The van der Waals surface area contributed by atoms with Crippen LogP contribution in [0.5, 0.6) is 0 Å².